The lowest BCUT2D eigenvalue weighted by atomic mass is 10.1. The van der Waals surface area contributed by atoms with Crippen LogP contribution in [0.1, 0.15) is 34.6 Å². The van der Waals surface area contributed by atoms with Crippen molar-refractivity contribution in [2.75, 3.05) is 5.32 Å². The Morgan fingerprint density at radius 2 is 1.70 bits per heavy atom. The summed E-state index contributed by atoms with van der Waals surface area (Å²) >= 11 is 0. The third kappa shape index (κ3) is 5.25. The van der Waals surface area contributed by atoms with Crippen molar-refractivity contribution in [2.45, 2.75) is 25.7 Å². The molecule has 0 fully saturated rings. The Morgan fingerprint density at radius 1 is 1.03 bits per heavy atom. The van der Waals surface area contributed by atoms with E-state index in [1.165, 1.54) is 0 Å². The maximum atomic E-state index is 12.7. The molecule has 0 saturated carbocycles. The highest BCUT2D eigenvalue weighted by molar-refractivity contribution is 6.03. The molecule has 0 aliphatic carbocycles. The molecule has 2 aromatic carbocycles. The van der Waals surface area contributed by atoms with Crippen LogP contribution in [0.4, 0.5) is 18.9 Å². The molecule has 1 atom stereocenters. The Balaban J connectivity index is 1.68. The van der Waals surface area contributed by atoms with Crippen molar-refractivity contribution in [3.05, 3.63) is 83.7 Å². The number of amides is 2. The molecule has 1 aromatic heterocycles. The second-order valence-electron chi connectivity index (χ2n) is 6.60. The van der Waals surface area contributed by atoms with Gasteiger partial charge >= 0.3 is 6.18 Å². The Labute approximate surface area is 170 Å². The van der Waals surface area contributed by atoms with Crippen molar-refractivity contribution >= 4 is 17.5 Å². The minimum absolute atomic E-state index is 0.241. The molecule has 2 N–H and O–H groups in total. The van der Waals surface area contributed by atoms with Gasteiger partial charge in [0, 0.05) is 6.20 Å². The number of aromatic nitrogens is 2. The monoisotopic (exact) mass is 416 g/mol. The van der Waals surface area contributed by atoms with Gasteiger partial charge in [0.25, 0.3) is 5.91 Å². The minimum atomic E-state index is -4.58. The van der Waals surface area contributed by atoms with E-state index in [-0.39, 0.29) is 23.2 Å². The van der Waals surface area contributed by atoms with Gasteiger partial charge in [-0.1, -0.05) is 42.5 Å². The molecule has 0 saturated heterocycles. The molecule has 0 spiro atoms. The smallest absolute Gasteiger partial charge is 0.345 e. The fourth-order valence-electron chi connectivity index (χ4n) is 2.83. The summed E-state index contributed by atoms with van der Waals surface area (Å²) in [5.41, 5.74) is 0.338. The molecule has 2 amide bonds. The van der Waals surface area contributed by atoms with E-state index in [0.717, 1.165) is 22.5 Å². The number of para-hydroxylation sites is 1. The summed E-state index contributed by atoms with van der Waals surface area (Å²) in [5.74, 6) is -0.996. The van der Waals surface area contributed by atoms with E-state index in [1.807, 2.05) is 37.3 Å². The first kappa shape index (κ1) is 21.1. The van der Waals surface area contributed by atoms with Crippen molar-refractivity contribution < 1.29 is 22.8 Å². The molecular weight excluding hydrogens is 397 g/mol. The van der Waals surface area contributed by atoms with Crippen molar-refractivity contribution in [1.82, 2.24) is 15.1 Å². The summed E-state index contributed by atoms with van der Waals surface area (Å²) in [4.78, 5) is 25.0. The van der Waals surface area contributed by atoms with Gasteiger partial charge in [0.1, 0.15) is 6.54 Å². The van der Waals surface area contributed by atoms with Crippen LogP contribution in [-0.4, -0.2) is 21.6 Å². The quantitative estimate of drug-likeness (QED) is 0.637. The van der Waals surface area contributed by atoms with Crippen LogP contribution in [0.2, 0.25) is 0 Å². The number of nitrogens with zero attached hydrogens (tertiary/aromatic N) is 2. The van der Waals surface area contributed by atoms with Crippen LogP contribution in [-0.2, 0) is 17.5 Å². The lowest BCUT2D eigenvalue weighted by molar-refractivity contribution is -0.141. The Bertz CT molecular complexity index is 1030. The second kappa shape index (κ2) is 8.81. The minimum Gasteiger partial charge on any atom is -0.345 e. The van der Waals surface area contributed by atoms with Gasteiger partial charge in [-0.05, 0) is 30.7 Å². The van der Waals surface area contributed by atoms with Crippen LogP contribution in [0.25, 0.3) is 0 Å². The molecule has 156 valence electrons. The molecule has 3 rings (SSSR count). The van der Waals surface area contributed by atoms with Crippen molar-refractivity contribution in [1.29, 1.82) is 0 Å². The third-order valence-corrected chi connectivity index (χ3v) is 4.33. The normalized spacial score (nSPS) is 12.3. The molecule has 0 aliphatic heterocycles. The zero-order valence-electron chi connectivity index (χ0n) is 16.0. The van der Waals surface area contributed by atoms with Crippen molar-refractivity contribution in [3.8, 4) is 0 Å². The van der Waals surface area contributed by atoms with Crippen LogP contribution in [0.5, 0.6) is 0 Å². The molecular formula is C21H19F3N4O2. The van der Waals surface area contributed by atoms with Crippen LogP contribution in [0.15, 0.2) is 66.9 Å². The molecule has 0 bridgehead atoms. The fourth-order valence-corrected chi connectivity index (χ4v) is 2.83. The number of hydrogen-bond acceptors (Lipinski definition) is 3. The maximum Gasteiger partial charge on any atom is 0.435 e. The van der Waals surface area contributed by atoms with E-state index >= 15 is 0 Å². The second-order valence-corrected chi connectivity index (χ2v) is 6.60. The third-order valence-electron chi connectivity index (χ3n) is 4.33. The molecule has 30 heavy (non-hydrogen) atoms. The fraction of sp³-hybridized carbons (Fsp3) is 0.190. The van der Waals surface area contributed by atoms with Crippen molar-refractivity contribution in [2.24, 2.45) is 0 Å². The molecule has 1 unspecified atom stereocenters. The zero-order valence-corrected chi connectivity index (χ0v) is 16.0. The zero-order chi connectivity index (χ0) is 21.7. The van der Waals surface area contributed by atoms with Crippen LogP contribution < -0.4 is 10.6 Å². The van der Waals surface area contributed by atoms with Crippen LogP contribution in [0, 0.1) is 0 Å². The Kier molecular flexibility index (Phi) is 6.20. The first-order chi connectivity index (χ1) is 14.2. The highest BCUT2D eigenvalue weighted by Crippen LogP contribution is 2.27. The molecule has 6 nitrogen and oxygen atoms in total. The van der Waals surface area contributed by atoms with Gasteiger partial charge in [0.2, 0.25) is 5.91 Å². The van der Waals surface area contributed by atoms with E-state index in [1.54, 1.807) is 24.3 Å². The summed E-state index contributed by atoms with van der Waals surface area (Å²) in [7, 11) is 0. The standard InChI is InChI=1S/C21H19F3N4O2/c1-14(15-7-3-2-4-8-15)25-20(30)16-9-5-6-10-17(16)26-19(29)13-28-12-11-18(27-28)21(22,23)24/h2-12,14H,13H2,1H3,(H,25,30)(H,26,29). The van der Waals surface area contributed by atoms with Gasteiger partial charge in [-0.25, -0.2) is 0 Å². The number of carbonyl (C=O) groups is 2. The van der Waals surface area contributed by atoms with Gasteiger partial charge in [-0.15, -0.1) is 0 Å². The lowest BCUT2D eigenvalue weighted by Crippen LogP contribution is -2.28. The Morgan fingerprint density at radius 3 is 2.37 bits per heavy atom. The Hall–Kier alpha value is -3.62. The summed E-state index contributed by atoms with van der Waals surface area (Å²) in [6.07, 6.45) is -3.51. The number of anilines is 1. The molecule has 3 aromatic rings. The number of hydrogen-bond donors (Lipinski definition) is 2. The average molecular weight is 416 g/mol. The summed E-state index contributed by atoms with van der Waals surface area (Å²) in [6.45, 7) is 1.41. The van der Waals surface area contributed by atoms with E-state index in [0.29, 0.717) is 0 Å². The molecule has 9 heteroatoms. The summed E-state index contributed by atoms with van der Waals surface area (Å²) in [6, 6.07) is 16.3. The first-order valence-corrected chi connectivity index (χ1v) is 9.09. The van der Waals surface area contributed by atoms with Gasteiger partial charge in [0.15, 0.2) is 5.69 Å². The van der Waals surface area contributed by atoms with E-state index in [9.17, 15) is 22.8 Å². The van der Waals surface area contributed by atoms with E-state index in [2.05, 4.69) is 15.7 Å². The van der Waals surface area contributed by atoms with E-state index < -0.39 is 24.3 Å². The largest absolute Gasteiger partial charge is 0.435 e. The number of halogens is 3. The van der Waals surface area contributed by atoms with Gasteiger partial charge < -0.3 is 10.6 Å². The number of benzene rings is 2. The highest BCUT2D eigenvalue weighted by atomic mass is 19.4. The van der Waals surface area contributed by atoms with Gasteiger partial charge in [0.05, 0.1) is 17.3 Å². The lowest BCUT2D eigenvalue weighted by Gasteiger charge is -2.16. The number of alkyl halides is 3. The maximum absolute atomic E-state index is 12.7. The number of carbonyl (C=O) groups excluding carboxylic acids is 2. The first-order valence-electron chi connectivity index (χ1n) is 9.09. The predicted molar refractivity (Wildman–Crippen MR) is 105 cm³/mol. The topological polar surface area (TPSA) is 76.0 Å². The summed E-state index contributed by atoms with van der Waals surface area (Å²) in [5, 5.41) is 8.77. The average Bonchev–Trinajstić information content (AvgIpc) is 3.18. The predicted octanol–water partition coefficient (Wildman–Crippen LogP) is 4.03. The SMILES string of the molecule is CC(NC(=O)c1ccccc1NC(=O)Cn1ccc(C(F)(F)F)n1)c1ccccc1. The number of rotatable bonds is 6. The summed E-state index contributed by atoms with van der Waals surface area (Å²) < 4.78 is 38.8. The molecule has 0 radical (unpaired) electrons. The van der Waals surface area contributed by atoms with Gasteiger partial charge in [-0.3, -0.25) is 14.3 Å². The van der Waals surface area contributed by atoms with Gasteiger partial charge in [-0.2, -0.15) is 18.3 Å². The molecule has 1 heterocycles. The van der Waals surface area contributed by atoms with E-state index in [4.69, 9.17) is 0 Å². The van der Waals surface area contributed by atoms with Crippen molar-refractivity contribution in [3.63, 3.8) is 0 Å². The van der Waals surface area contributed by atoms with Crippen LogP contribution in [0.3, 0.4) is 0 Å². The number of nitrogens with one attached hydrogen (secondary N) is 2. The highest BCUT2D eigenvalue weighted by Gasteiger charge is 2.33. The molecule has 0 aliphatic rings. The van der Waals surface area contributed by atoms with Crippen LogP contribution >= 0.6 is 0 Å².